The monoisotopic (exact) mass is 545 g/mol. The summed E-state index contributed by atoms with van der Waals surface area (Å²) in [4.78, 5) is 77.0. The van der Waals surface area contributed by atoms with Gasteiger partial charge in [0.15, 0.2) is 0 Å². The minimum atomic E-state index is -1.42. The number of carbonyl (C=O) groups is 6. The van der Waals surface area contributed by atoms with Gasteiger partial charge in [-0.15, -0.1) is 0 Å². The Hall–Kier alpha value is -4.49. The summed E-state index contributed by atoms with van der Waals surface area (Å²) in [7, 11) is 1.40. The Morgan fingerprint density at radius 3 is 2.41 bits per heavy atom. The lowest BCUT2D eigenvalue weighted by Gasteiger charge is -2.31. The summed E-state index contributed by atoms with van der Waals surface area (Å²) in [6.45, 7) is 1.07. The number of aliphatic carboxylic acids is 1. The minimum absolute atomic E-state index is 0.0521. The van der Waals surface area contributed by atoms with Crippen molar-refractivity contribution in [3.8, 4) is 0 Å². The van der Waals surface area contributed by atoms with Gasteiger partial charge >= 0.3 is 5.97 Å². The van der Waals surface area contributed by atoms with Crippen LogP contribution in [0.3, 0.4) is 0 Å². The number of carbonyl (C=O) groups excluding carboxylic acids is 5. The van der Waals surface area contributed by atoms with Gasteiger partial charge in [-0.2, -0.15) is 0 Å². The highest BCUT2D eigenvalue weighted by Gasteiger charge is 2.32. The smallest absolute Gasteiger partial charge is 0.305 e. The Morgan fingerprint density at radius 2 is 1.77 bits per heavy atom. The molecule has 2 rings (SSSR count). The Labute approximate surface area is 225 Å². The molecule has 39 heavy (non-hydrogen) atoms. The van der Waals surface area contributed by atoms with Gasteiger partial charge in [0.2, 0.25) is 23.6 Å². The molecule has 0 fully saturated rings. The Kier molecular flexibility index (Phi) is 11.4. The van der Waals surface area contributed by atoms with Crippen LogP contribution < -0.4 is 27.0 Å². The second-order valence-corrected chi connectivity index (χ2v) is 9.17. The molecule has 1 heterocycles. The van der Waals surface area contributed by atoms with Crippen LogP contribution in [0.15, 0.2) is 24.3 Å². The van der Waals surface area contributed by atoms with E-state index in [1.165, 1.54) is 24.1 Å². The third-order valence-electron chi connectivity index (χ3n) is 6.16. The molecule has 14 heteroatoms. The van der Waals surface area contributed by atoms with Crippen LogP contribution >= 0.6 is 0 Å². The molecule has 0 unspecified atom stereocenters. The average Bonchev–Trinajstić information content (AvgIpc) is 2.89. The van der Waals surface area contributed by atoms with E-state index >= 15 is 0 Å². The highest BCUT2D eigenvalue weighted by Crippen LogP contribution is 2.13. The first-order valence-corrected chi connectivity index (χ1v) is 12.5. The minimum Gasteiger partial charge on any atom is -0.481 e. The summed E-state index contributed by atoms with van der Waals surface area (Å²) in [5.41, 5.74) is 6.18. The quantitative estimate of drug-likeness (QED) is 0.163. The number of fused-ring (bicyclic) bond motifs is 2. The number of amidine groups is 1. The number of carboxylic acid groups (broad SMARTS) is 1. The highest BCUT2D eigenvalue weighted by atomic mass is 16.4. The van der Waals surface area contributed by atoms with Gasteiger partial charge in [0.05, 0.1) is 18.8 Å². The van der Waals surface area contributed by atoms with Crippen molar-refractivity contribution in [2.45, 2.75) is 63.7 Å². The molecular formula is C25H35N7O7. The molecule has 1 aromatic carbocycles. The van der Waals surface area contributed by atoms with Crippen molar-refractivity contribution in [1.29, 1.82) is 5.41 Å². The lowest BCUT2D eigenvalue weighted by molar-refractivity contribution is -0.141. The Morgan fingerprint density at radius 1 is 1.08 bits per heavy atom. The van der Waals surface area contributed by atoms with E-state index in [-0.39, 0.29) is 37.2 Å². The molecule has 0 saturated heterocycles. The van der Waals surface area contributed by atoms with Gasteiger partial charge in [-0.25, -0.2) is 0 Å². The van der Waals surface area contributed by atoms with Gasteiger partial charge in [0, 0.05) is 25.6 Å². The van der Waals surface area contributed by atoms with Crippen molar-refractivity contribution >= 4 is 41.3 Å². The fourth-order valence-electron chi connectivity index (χ4n) is 4.02. The van der Waals surface area contributed by atoms with Crippen molar-refractivity contribution in [2.24, 2.45) is 5.73 Å². The lowest BCUT2D eigenvalue weighted by atomic mass is 10.0. The lowest BCUT2D eigenvalue weighted by Crippen LogP contribution is -2.55. The van der Waals surface area contributed by atoms with Gasteiger partial charge in [0.1, 0.15) is 18.1 Å². The molecule has 0 aromatic heterocycles. The maximum atomic E-state index is 13.3. The van der Waals surface area contributed by atoms with E-state index in [1.54, 1.807) is 19.1 Å². The first-order chi connectivity index (χ1) is 18.4. The van der Waals surface area contributed by atoms with Crippen molar-refractivity contribution < 1.29 is 33.9 Å². The highest BCUT2D eigenvalue weighted by molar-refractivity contribution is 5.99. The Bertz CT molecular complexity index is 1120. The zero-order valence-corrected chi connectivity index (χ0v) is 21.9. The fraction of sp³-hybridized carbons (Fsp3) is 0.480. The number of nitrogens with zero attached hydrogens (tertiary/aromatic N) is 1. The van der Waals surface area contributed by atoms with Gasteiger partial charge in [-0.1, -0.05) is 19.1 Å². The molecule has 3 atom stereocenters. The van der Waals surface area contributed by atoms with Crippen LogP contribution in [-0.4, -0.2) is 83.1 Å². The predicted molar refractivity (Wildman–Crippen MR) is 139 cm³/mol. The number of nitrogens with two attached hydrogens (primary N) is 1. The van der Waals surface area contributed by atoms with E-state index < -0.39 is 66.6 Å². The van der Waals surface area contributed by atoms with E-state index in [1.807, 2.05) is 0 Å². The first-order valence-electron chi connectivity index (χ1n) is 12.5. The third kappa shape index (κ3) is 9.39. The molecule has 212 valence electrons. The largest absolute Gasteiger partial charge is 0.481 e. The summed E-state index contributed by atoms with van der Waals surface area (Å²) in [5, 5.41) is 26.6. The summed E-state index contributed by atoms with van der Waals surface area (Å²) in [5.74, 6) is -4.71. The standard InChI is InChI=1S/C25H35N7O7/c1-3-16-25(39)32(2)18(8-5-9-19(26)27)24(38)29-13-20(33)30-17(11-21(34)35)23(37)28-12-14-6-4-7-15(10-14)22(36)31-16/h4,6-7,10,16-18H,3,5,8-9,11-13H2,1-2H3,(H3,26,27)(H,28,37)(H,29,38)(H,30,33)(H,31,36)(H,34,35)/t16-,17+,18+/m1/s1. The fourth-order valence-corrected chi connectivity index (χ4v) is 4.02. The molecule has 0 saturated carbocycles. The maximum absolute atomic E-state index is 13.3. The number of amides is 5. The van der Waals surface area contributed by atoms with Crippen LogP contribution in [0.4, 0.5) is 0 Å². The topological polar surface area (TPSA) is 224 Å². The molecule has 0 spiro atoms. The van der Waals surface area contributed by atoms with Crippen LogP contribution in [-0.2, 0) is 30.5 Å². The van der Waals surface area contributed by atoms with Gasteiger partial charge in [-0.3, -0.25) is 34.2 Å². The first kappa shape index (κ1) is 30.7. The van der Waals surface area contributed by atoms with Crippen molar-refractivity contribution in [1.82, 2.24) is 26.2 Å². The number of hydrogen-bond donors (Lipinski definition) is 7. The number of rotatable bonds is 7. The number of hydrogen-bond acceptors (Lipinski definition) is 7. The second kappa shape index (κ2) is 14.4. The van der Waals surface area contributed by atoms with Gasteiger partial charge in [-0.05, 0) is 37.0 Å². The van der Waals surface area contributed by atoms with E-state index in [4.69, 9.17) is 11.1 Å². The summed E-state index contributed by atoms with van der Waals surface area (Å²) < 4.78 is 0. The molecular weight excluding hydrogens is 510 g/mol. The third-order valence-corrected chi connectivity index (χ3v) is 6.16. The van der Waals surface area contributed by atoms with Crippen molar-refractivity contribution in [3.05, 3.63) is 35.4 Å². The van der Waals surface area contributed by atoms with Crippen LogP contribution in [0.25, 0.3) is 0 Å². The van der Waals surface area contributed by atoms with Crippen molar-refractivity contribution in [3.63, 3.8) is 0 Å². The van der Waals surface area contributed by atoms with Crippen LogP contribution in [0.5, 0.6) is 0 Å². The molecule has 8 N–H and O–H groups in total. The van der Waals surface area contributed by atoms with E-state index in [0.29, 0.717) is 12.0 Å². The molecule has 2 bridgehead atoms. The summed E-state index contributed by atoms with van der Waals surface area (Å²) in [6.07, 6.45) is 0.138. The van der Waals surface area contributed by atoms with Crippen LogP contribution in [0.1, 0.15) is 54.9 Å². The van der Waals surface area contributed by atoms with Crippen LogP contribution in [0, 0.1) is 5.41 Å². The molecule has 5 amide bonds. The molecule has 14 nitrogen and oxygen atoms in total. The maximum Gasteiger partial charge on any atom is 0.305 e. The summed E-state index contributed by atoms with van der Waals surface area (Å²) >= 11 is 0. The van der Waals surface area contributed by atoms with E-state index in [2.05, 4.69) is 21.3 Å². The summed E-state index contributed by atoms with van der Waals surface area (Å²) in [6, 6.07) is 2.86. The molecule has 0 radical (unpaired) electrons. The zero-order valence-electron chi connectivity index (χ0n) is 21.9. The zero-order chi connectivity index (χ0) is 29.1. The number of nitrogens with one attached hydrogen (secondary N) is 5. The molecule has 1 aliphatic heterocycles. The molecule has 0 aliphatic carbocycles. The number of carboxylic acids is 1. The van der Waals surface area contributed by atoms with Crippen molar-refractivity contribution in [2.75, 3.05) is 13.6 Å². The molecule has 1 aromatic rings. The van der Waals surface area contributed by atoms with E-state index in [0.717, 1.165) is 0 Å². The van der Waals surface area contributed by atoms with Crippen LogP contribution in [0.2, 0.25) is 0 Å². The second-order valence-electron chi connectivity index (χ2n) is 9.17. The number of benzene rings is 1. The molecule has 1 aliphatic rings. The predicted octanol–water partition coefficient (Wildman–Crippen LogP) is -1.17. The Balaban J connectivity index is 2.41. The van der Waals surface area contributed by atoms with Gasteiger partial charge < -0.3 is 37.0 Å². The average molecular weight is 546 g/mol. The normalized spacial score (nSPS) is 21.5. The SMILES string of the molecule is CC[C@H]1NC(=O)c2cccc(c2)CNC(=O)[C@H](CC(=O)O)NC(=O)CNC(=O)[C@H](CCCC(=N)N)N(C)C1=O. The van der Waals surface area contributed by atoms with Gasteiger partial charge in [0.25, 0.3) is 5.91 Å². The van der Waals surface area contributed by atoms with E-state index in [9.17, 15) is 33.9 Å². The number of likely N-dealkylation sites (N-methyl/N-ethyl adjacent to an activating group) is 1.